The quantitative estimate of drug-likeness (QED) is 0.430. The first-order chi connectivity index (χ1) is 17.2. The number of rotatable bonds is 6. The maximum absolute atomic E-state index is 14.1. The van der Waals surface area contributed by atoms with Gasteiger partial charge >= 0.3 is 0 Å². The van der Waals surface area contributed by atoms with Gasteiger partial charge < -0.3 is 10.4 Å². The van der Waals surface area contributed by atoms with Gasteiger partial charge in [0.05, 0.1) is 23.5 Å². The number of benzene rings is 2. The van der Waals surface area contributed by atoms with E-state index in [1.165, 1.54) is 31.3 Å². The van der Waals surface area contributed by atoms with Crippen molar-refractivity contribution in [3.05, 3.63) is 105 Å². The van der Waals surface area contributed by atoms with Gasteiger partial charge in [-0.2, -0.15) is 10.4 Å². The highest BCUT2D eigenvalue weighted by Gasteiger charge is 2.31. The number of nitriles is 1. The normalized spacial score (nSPS) is 12.5. The van der Waals surface area contributed by atoms with Gasteiger partial charge in [0.25, 0.3) is 11.5 Å². The van der Waals surface area contributed by atoms with Crippen molar-refractivity contribution in [2.75, 3.05) is 5.32 Å². The highest BCUT2D eigenvalue weighted by atomic mass is 19.1. The first-order valence-electron chi connectivity index (χ1n) is 11.1. The van der Waals surface area contributed by atoms with Gasteiger partial charge in [0.2, 0.25) is 5.75 Å². The van der Waals surface area contributed by atoms with Gasteiger partial charge in [-0.1, -0.05) is 37.3 Å². The number of anilines is 1. The van der Waals surface area contributed by atoms with Crippen molar-refractivity contribution < 1.29 is 14.3 Å². The summed E-state index contributed by atoms with van der Waals surface area (Å²) >= 11 is 0. The number of para-hydroxylation sites is 1. The zero-order chi connectivity index (χ0) is 26.0. The molecule has 0 fully saturated rings. The molecule has 4 aromatic rings. The summed E-state index contributed by atoms with van der Waals surface area (Å²) < 4.78 is 16.9. The standard InChI is InChI=1S/C26H23FN6O3/c1-15(21(17-13-29-32(2)14-17)18-9-5-4-8-16(18)12-28)24-31-22(23(34)26(36)33(24)3)25(35)30-20-11-7-6-10-19(20)27/h4-11,13-15,21,34H,1-3H3,(H,30,35). The lowest BCUT2D eigenvalue weighted by Crippen LogP contribution is -2.29. The molecule has 0 aliphatic rings. The average molecular weight is 487 g/mol. The predicted molar refractivity (Wildman–Crippen MR) is 130 cm³/mol. The topological polar surface area (TPSA) is 126 Å². The van der Waals surface area contributed by atoms with Crippen LogP contribution in [0, 0.1) is 17.1 Å². The number of nitrogens with one attached hydrogen (secondary N) is 1. The van der Waals surface area contributed by atoms with Gasteiger partial charge in [-0.3, -0.25) is 18.8 Å². The van der Waals surface area contributed by atoms with Crippen LogP contribution in [-0.2, 0) is 14.1 Å². The number of carbonyl (C=O) groups excluding carboxylic acids is 1. The minimum atomic E-state index is -0.931. The van der Waals surface area contributed by atoms with Crippen LogP contribution in [0.3, 0.4) is 0 Å². The Hall–Kier alpha value is -4.78. The number of carbonyl (C=O) groups is 1. The lowest BCUT2D eigenvalue weighted by atomic mass is 9.80. The van der Waals surface area contributed by atoms with Crippen LogP contribution in [0.5, 0.6) is 5.75 Å². The van der Waals surface area contributed by atoms with Crippen molar-refractivity contribution in [1.82, 2.24) is 19.3 Å². The van der Waals surface area contributed by atoms with Crippen LogP contribution >= 0.6 is 0 Å². The number of hydrogen-bond acceptors (Lipinski definition) is 6. The van der Waals surface area contributed by atoms with Crippen LogP contribution in [0.4, 0.5) is 10.1 Å². The average Bonchev–Trinajstić information content (AvgIpc) is 3.30. The Morgan fingerprint density at radius 1 is 1.17 bits per heavy atom. The van der Waals surface area contributed by atoms with Crippen molar-refractivity contribution in [3.8, 4) is 11.8 Å². The number of halogens is 1. The van der Waals surface area contributed by atoms with Gasteiger partial charge in [-0.25, -0.2) is 9.37 Å². The molecule has 2 N–H and O–H groups in total. The van der Waals surface area contributed by atoms with Crippen LogP contribution in [0.25, 0.3) is 0 Å². The second kappa shape index (κ2) is 9.84. The van der Waals surface area contributed by atoms with E-state index < -0.39 is 40.6 Å². The minimum absolute atomic E-state index is 0.116. The van der Waals surface area contributed by atoms with E-state index in [1.54, 1.807) is 36.3 Å². The smallest absolute Gasteiger partial charge is 0.296 e. The molecule has 2 heterocycles. The number of nitrogens with zero attached hydrogens (tertiary/aromatic N) is 5. The third-order valence-electron chi connectivity index (χ3n) is 6.05. The number of hydrogen-bond donors (Lipinski definition) is 2. The Labute approximate surface area is 206 Å². The molecule has 0 radical (unpaired) electrons. The fraction of sp³-hybridized carbons (Fsp3) is 0.192. The monoisotopic (exact) mass is 486 g/mol. The van der Waals surface area contributed by atoms with Gasteiger partial charge in [0, 0.05) is 32.1 Å². The van der Waals surface area contributed by atoms with Crippen LogP contribution in [0.1, 0.15) is 51.8 Å². The number of amides is 1. The molecule has 0 spiro atoms. The molecule has 182 valence electrons. The van der Waals surface area contributed by atoms with E-state index in [0.29, 0.717) is 11.1 Å². The molecule has 0 aliphatic heterocycles. The summed E-state index contributed by atoms with van der Waals surface area (Å²) in [6, 6.07) is 14.8. The Morgan fingerprint density at radius 3 is 2.53 bits per heavy atom. The fourth-order valence-electron chi connectivity index (χ4n) is 4.27. The van der Waals surface area contributed by atoms with Crippen LogP contribution in [0.2, 0.25) is 0 Å². The van der Waals surface area contributed by atoms with E-state index in [-0.39, 0.29) is 11.5 Å². The number of aryl methyl sites for hydroxylation is 1. The second-order valence-corrected chi connectivity index (χ2v) is 8.38. The van der Waals surface area contributed by atoms with Crippen molar-refractivity contribution in [2.24, 2.45) is 14.1 Å². The van der Waals surface area contributed by atoms with E-state index in [4.69, 9.17) is 0 Å². The lowest BCUT2D eigenvalue weighted by Gasteiger charge is -2.26. The van der Waals surface area contributed by atoms with E-state index in [9.17, 15) is 24.3 Å². The first-order valence-corrected chi connectivity index (χ1v) is 11.1. The Balaban J connectivity index is 1.84. The SMILES string of the molecule is CC(c1nc(C(=O)Nc2ccccc2F)c(O)c(=O)n1C)C(c1cnn(C)c1)c1ccccc1C#N. The summed E-state index contributed by atoms with van der Waals surface area (Å²) in [6.45, 7) is 1.81. The van der Waals surface area contributed by atoms with E-state index in [2.05, 4.69) is 21.5 Å². The molecule has 0 aliphatic carbocycles. The molecule has 10 heteroatoms. The van der Waals surface area contributed by atoms with Crippen LogP contribution < -0.4 is 10.9 Å². The lowest BCUT2D eigenvalue weighted by molar-refractivity contribution is 0.101. The van der Waals surface area contributed by atoms with Gasteiger partial charge in [-0.15, -0.1) is 0 Å². The maximum Gasteiger partial charge on any atom is 0.296 e. The summed E-state index contributed by atoms with van der Waals surface area (Å²) in [5, 5.41) is 26.8. The minimum Gasteiger partial charge on any atom is -0.501 e. The Kier molecular flexibility index (Phi) is 6.65. The van der Waals surface area contributed by atoms with E-state index in [1.807, 2.05) is 19.1 Å². The highest BCUT2D eigenvalue weighted by molar-refractivity contribution is 6.04. The third kappa shape index (κ3) is 4.46. The first kappa shape index (κ1) is 24.3. The molecule has 1 amide bonds. The van der Waals surface area contributed by atoms with E-state index >= 15 is 0 Å². The van der Waals surface area contributed by atoms with Crippen molar-refractivity contribution in [1.29, 1.82) is 5.26 Å². The molecule has 0 saturated carbocycles. The summed E-state index contributed by atoms with van der Waals surface area (Å²) in [6.07, 6.45) is 3.47. The summed E-state index contributed by atoms with van der Waals surface area (Å²) in [5.41, 5.74) is 0.438. The third-order valence-corrected chi connectivity index (χ3v) is 6.05. The number of aromatic nitrogens is 4. The van der Waals surface area contributed by atoms with Crippen molar-refractivity contribution in [3.63, 3.8) is 0 Å². The summed E-state index contributed by atoms with van der Waals surface area (Å²) in [4.78, 5) is 30.2. The zero-order valence-electron chi connectivity index (χ0n) is 19.8. The van der Waals surface area contributed by atoms with Gasteiger partial charge in [0.15, 0.2) is 5.69 Å². The Morgan fingerprint density at radius 2 is 1.86 bits per heavy atom. The van der Waals surface area contributed by atoms with E-state index in [0.717, 1.165) is 10.1 Å². The molecule has 36 heavy (non-hydrogen) atoms. The second-order valence-electron chi connectivity index (χ2n) is 8.38. The predicted octanol–water partition coefficient (Wildman–Crippen LogP) is 3.42. The molecule has 4 rings (SSSR count). The maximum atomic E-state index is 14.1. The molecule has 2 aromatic heterocycles. The molecule has 2 aromatic carbocycles. The molecule has 0 saturated heterocycles. The molecular weight excluding hydrogens is 463 g/mol. The molecule has 0 bridgehead atoms. The summed E-state index contributed by atoms with van der Waals surface area (Å²) in [7, 11) is 3.21. The van der Waals surface area contributed by atoms with Crippen LogP contribution in [0.15, 0.2) is 65.7 Å². The van der Waals surface area contributed by atoms with Gasteiger partial charge in [0.1, 0.15) is 11.6 Å². The largest absolute Gasteiger partial charge is 0.501 e. The number of aromatic hydroxyl groups is 1. The molecular formula is C26H23FN6O3. The Bertz CT molecular complexity index is 1550. The fourth-order valence-corrected chi connectivity index (χ4v) is 4.27. The van der Waals surface area contributed by atoms with Crippen LogP contribution in [-0.4, -0.2) is 30.3 Å². The van der Waals surface area contributed by atoms with Gasteiger partial charge in [-0.05, 0) is 29.3 Å². The molecule has 2 atom stereocenters. The molecule has 9 nitrogen and oxygen atoms in total. The zero-order valence-corrected chi connectivity index (χ0v) is 19.8. The summed E-state index contributed by atoms with van der Waals surface area (Å²) in [5.74, 6) is -3.26. The molecule has 2 unspecified atom stereocenters. The highest BCUT2D eigenvalue weighted by Crippen LogP contribution is 2.39. The van der Waals surface area contributed by atoms with Crippen molar-refractivity contribution >= 4 is 11.6 Å². The van der Waals surface area contributed by atoms with Crippen molar-refractivity contribution in [2.45, 2.75) is 18.8 Å².